The van der Waals surface area contributed by atoms with Crippen molar-refractivity contribution in [1.29, 1.82) is 0 Å². The van der Waals surface area contributed by atoms with Crippen molar-refractivity contribution in [2.45, 2.75) is 51.4 Å². The highest BCUT2D eigenvalue weighted by molar-refractivity contribution is 5.89. The number of nitrogens with one attached hydrogen (secondary N) is 2. The van der Waals surface area contributed by atoms with E-state index in [0.29, 0.717) is 11.4 Å². The lowest BCUT2D eigenvalue weighted by Crippen LogP contribution is -2.39. The van der Waals surface area contributed by atoms with Gasteiger partial charge in [-0.05, 0) is 44.1 Å². The van der Waals surface area contributed by atoms with Crippen molar-refractivity contribution in [3.63, 3.8) is 0 Å². The summed E-state index contributed by atoms with van der Waals surface area (Å²) in [4.78, 5) is 18.8. The van der Waals surface area contributed by atoms with Gasteiger partial charge in [0.2, 0.25) is 11.6 Å². The molecule has 0 unspecified atom stereocenters. The first kappa shape index (κ1) is 22.4. The Morgan fingerprint density at radius 3 is 2.62 bits per heavy atom. The number of hydrogen-bond acceptors (Lipinski definition) is 5. The maximum atomic E-state index is 13.0. The fraction of sp³-hybridized carbons (Fsp3) is 0.545. The van der Waals surface area contributed by atoms with Gasteiger partial charge in [-0.1, -0.05) is 6.07 Å². The molecular formula is C22H27F3N4O3. The highest BCUT2D eigenvalue weighted by Crippen LogP contribution is 2.37. The number of halogens is 3. The number of aromatic nitrogens is 1. The molecule has 0 aromatic carbocycles. The first-order chi connectivity index (χ1) is 15.3. The summed E-state index contributed by atoms with van der Waals surface area (Å²) in [7, 11) is 0. The zero-order chi connectivity index (χ0) is 22.7. The van der Waals surface area contributed by atoms with Crippen LogP contribution in [0.15, 0.2) is 28.8 Å². The van der Waals surface area contributed by atoms with Gasteiger partial charge in [-0.2, -0.15) is 13.2 Å². The number of amides is 2. The lowest BCUT2D eigenvalue weighted by Gasteiger charge is -2.31. The van der Waals surface area contributed by atoms with Crippen LogP contribution in [0, 0.1) is 12.8 Å². The molecule has 1 aliphatic carbocycles. The standard InChI is InChI=1S/C22H27F3N4O3/c1-14-10-18(20(31-14)22(23,24)25)28-21(30)27-12-16-4-5-19(26-11-16)32-17-6-8-29(9-7-17)13-15-2-3-15/h4-5,10-11,15,17H,2-3,6-9,12-13H2,1H3,(H2,27,28,30). The van der Waals surface area contributed by atoms with Crippen LogP contribution in [0.4, 0.5) is 23.7 Å². The summed E-state index contributed by atoms with van der Waals surface area (Å²) in [6.45, 7) is 4.79. The predicted octanol–water partition coefficient (Wildman–Crippen LogP) is 4.58. The Hall–Kier alpha value is -2.75. The molecule has 0 spiro atoms. The highest BCUT2D eigenvalue weighted by atomic mass is 19.4. The van der Waals surface area contributed by atoms with Gasteiger partial charge in [0.15, 0.2) is 0 Å². The maximum Gasteiger partial charge on any atom is 0.451 e. The number of carbonyl (C=O) groups excluding carboxylic acids is 1. The largest absolute Gasteiger partial charge is 0.474 e. The number of pyridine rings is 1. The molecule has 10 heteroatoms. The number of ether oxygens (including phenoxy) is 1. The average molecular weight is 452 g/mol. The molecular weight excluding hydrogens is 425 g/mol. The van der Waals surface area contributed by atoms with Crippen LogP contribution in [0.3, 0.4) is 0 Å². The Balaban J connectivity index is 1.21. The molecule has 1 aliphatic heterocycles. The monoisotopic (exact) mass is 452 g/mol. The van der Waals surface area contributed by atoms with Gasteiger partial charge in [0.05, 0.1) is 5.69 Å². The summed E-state index contributed by atoms with van der Waals surface area (Å²) in [6, 6.07) is 3.88. The third kappa shape index (κ3) is 6.15. The van der Waals surface area contributed by atoms with Gasteiger partial charge < -0.3 is 24.7 Å². The molecule has 2 aromatic rings. The minimum atomic E-state index is -4.69. The van der Waals surface area contributed by atoms with Crippen LogP contribution in [0.1, 0.15) is 42.8 Å². The molecule has 0 atom stereocenters. The minimum absolute atomic E-state index is 0.0565. The molecule has 2 aliphatic rings. The Morgan fingerprint density at radius 1 is 1.25 bits per heavy atom. The molecule has 174 valence electrons. The van der Waals surface area contributed by atoms with Crippen molar-refractivity contribution < 1.29 is 27.1 Å². The Bertz CT molecular complexity index is 917. The molecule has 7 nitrogen and oxygen atoms in total. The molecule has 2 amide bonds. The van der Waals surface area contributed by atoms with Crippen LogP contribution in [-0.2, 0) is 12.7 Å². The molecule has 0 radical (unpaired) electrons. The van der Waals surface area contributed by atoms with Crippen molar-refractivity contribution in [2.75, 3.05) is 25.0 Å². The van der Waals surface area contributed by atoms with Gasteiger partial charge in [0, 0.05) is 44.5 Å². The number of furan rings is 1. The Labute approximate surface area is 184 Å². The molecule has 4 rings (SSSR count). The number of nitrogens with zero attached hydrogens (tertiary/aromatic N) is 2. The van der Waals surface area contributed by atoms with E-state index in [1.807, 2.05) is 0 Å². The van der Waals surface area contributed by atoms with E-state index < -0.39 is 23.7 Å². The quantitative estimate of drug-likeness (QED) is 0.643. The zero-order valence-electron chi connectivity index (χ0n) is 17.9. The lowest BCUT2D eigenvalue weighted by molar-refractivity contribution is -0.152. The molecule has 2 fully saturated rings. The van der Waals surface area contributed by atoms with Crippen LogP contribution in [-0.4, -0.2) is 41.7 Å². The normalized spacial score (nSPS) is 17.9. The number of anilines is 1. The molecule has 1 saturated carbocycles. The summed E-state index contributed by atoms with van der Waals surface area (Å²) in [6.07, 6.45) is 1.72. The Morgan fingerprint density at radius 2 is 2.00 bits per heavy atom. The summed E-state index contributed by atoms with van der Waals surface area (Å²) < 4.78 is 49.5. The van der Waals surface area contributed by atoms with Crippen LogP contribution in [0.2, 0.25) is 0 Å². The second-order valence-corrected chi connectivity index (χ2v) is 8.47. The van der Waals surface area contributed by atoms with Crippen LogP contribution < -0.4 is 15.4 Å². The van der Waals surface area contributed by atoms with E-state index in [1.165, 1.54) is 26.3 Å². The average Bonchev–Trinajstić information content (AvgIpc) is 3.48. The summed E-state index contributed by atoms with van der Waals surface area (Å²) in [5.74, 6) is 0.253. The first-order valence-electron chi connectivity index (χ1n) is 10.8. The van der Waals surface area contributed by atoms with Gasteiger partial charge in [-0.15, -0.1) is 0 Å². The van der Waals surface area contributed by atoms with Crippen molar-refractivity contribution in [1.82, 2.24) is 15.2 Å². The SMILES string of the molecule is Cc1cc(NC(=O)NCc2ccc(OC3CCN(CC4CC4)CC3)nc2)c(C(F)(F)F)o1. The number of likely N-dealkylation sites (tertiary alicyclic amines) is 1. The number of hydrogen-bond donors (Lipinski definition) is 2. The predicted molar refractivity (Wildman–Crippen MR) is 111 cm³/mol. The molecule has 2 N–H and O–H groups in total. The molecule has 2 aromatic heterocycles. The van der Waals surface area contributed by atoms with Crippen LogP contribution in [0.25, 0.3) is 0 Å². The highest BCUT2D eigenvalue weighted by Gasteiger charge is 2.38. The maximum absolute atomic E-state index is 13.0. The molecule has 3 heterocycles. The minimum Gasteiger partial charge on any atom is -0.474 e. The third-order valence-electron chi connectivity index (χ3n) is 5.65. The van der Waals surface area contributed by atoms with Gasteiger partial charge in [0.25, 0.3) is 0 Å². The van der Waals surface area contributed by atoms with Gasteiger partial charge in [0.1, 0.15) is 11.9 Å². The van der Waals surface area contributed by atoms with Gasteiger partial charge in [-0.25, -0.2) is 9.78 Å². The van der Waals surface area contributed by atoms with Gasteiger partial charge >= 0.3 is 12.2 Å². The van der Waals surface area contributed by atoms with E-state index in [4.69, 9.17) is 4.74 Å². The fourth-order valence-electron chi connectivity index (χ4n) is 3.80. The molecule has 1 saturated heterocycles. The molecule has 0 bridgehead atoms. The summed E-state index contributed by atoms with van der Waals surface area (Å²) >= 11 is 0. The smallest absolute Gasteiger partial charge is 0.451 e. The van der Waals surface area contributed by atoms with E-state index in [-0.39, 0.29) is 18.4 Å². The van der Waals surface area contributed by atoms with Crippen molar-refractivity contribution in [3.8, 4) is 5.88 Å². The number of alkyl halides is 3. The van der Waals surface area contributed by atoms with E-state index in [9.17, 15) is 18.0 Å². The van der Waals surface area contributed by atoms with E-state index >= 15 is 0 Å². The fourth-order valence-corrected chi connectivity index (χ4v) is 3.80. The van der Waals surface area contributed by atoms with Crippen molar-refractivity contribution >= 4 is 11.7 Å². The van der Waals surface area contributed by atoms with Crippen LogP contribution >= 0.6 is 0 Å². The third-order valence-corrected chi connectivity index (χ3v) is 5.65. The zero-order valence-corrected chi connectivity index (χ0v) is 17.9. The number of piperidine rings is 1. The van der Waals surface area contributed by atoms with E-state index in [1.54, 1.807) is 18.3 Å². The first-order valence-corrected chi connectivity index (χ1v) is 10.8. The van der Waals surface area contributed by atoms with E-state index in [0.717, 1.165) is 37.9 Å². The number of rotatable bonds is 7. The molecule has 32 heavy (non-hydrogen) atoms. The van der Waals surface area contributed by atoms with Crippen LogP contribution in [0.5, 0.6) is 5.88 Å². The number of aryl methyl sites for hydroxylation is 1. The second kappa shape index (κ2) is 9.40. The Kier molecular flexibility index (Phi) is 6.59. The topological polar surface area (TPSA) is 79.6 Å². The lowest BCUT2D eigenvalue weighted by atomic mass is 10.1. The van der Waals surface area contributed by atoms with E-state index in [2.05, 4.69) is 24.9 Å². The van der Waals surface area contributed by atoms with Crippen molar-refractivity contribution in [3.05, 3.63) is 41.5 Å². The summed E-state index contributed by atoms with van der Waals surface area (Å²) in [5, 5.41) is 4.70. The number of urea groups is 1. The second-order valence-electron chi connectivity index (χ2n) is 8.47. The summed E-state index contributed by atoms with van der Waals surface area (Å²) in [5.41, 5.74) is 0.281. The van der Waals surface area contributed by atoms with Crippen molar-refractivity contribution in [2.24, 2.45) is 5.92 Å². The van der Waals surface area contributed by atoms with Gasteiger partial charge in [-0.3, -0.25) is 0 Å². The number of carbonyl (C=O) groups is 1.